The zero-order valence-electron chi connectivity index (χ0n) is 10.4. The summed E-state index contributed by atoms with van der Waals surface area (Å²) < 4.78 is 30.8. The number of hydrogen-bond acceptors (Lipinski definition) is 4. The van der Waals surface area contributed by atoms with E-state index in [1.165, 1.54) is 0 Å². The topological polar surface area (TPSA) is 55.4 Å². The van der Waals surface area contributed by atoms with E-state index >= 15 is 0 Å². The van der Waals surface area contributed by atoms with Gasteiger partial charge in [0.2, 0.25) is 0 Å². The summed E-state index contributed by atoms with van der Waals surface area (Å²) in [6.07, 6.45) is 1.57. The molecule has 0 aromatic heterocycles. The molecule has 1 aromatic carbocycles. The number of rotatable bonds is 3. The molecule has 3 rings (SSSR count). The molecule has 2 fully saturated rings. The van der Waals surface area contributed by atoms with Crippen molar-refractivity contribution in [1.82, 2.24) is 5.32 Å². The molecule has 4 nitrogen and oxygen atoms in total. The Kier molecular flexibility index (Phi) is 3.68. The van der Waals surface area contributed by atoms with E-state index in [-0.39, 0.29) is 11.4 Å². The first-order valence-electron chi connectivity index (χ1n) is 6.45. The van der Waals surface area contributed by atoms with Crippen molar-refractivity contribution in [3.05, 3.63) is 28.2 Å². The second kappa shape index (κ2) is 5.16. The van der Waals surface area contributed by atoms with E-state index in [0.717, 1.165) is 31.5 Å². The highest BCUT2D eigenvalue weighted by Gasteiger charge is 2.38. The minimum atomic E-state index is -3.15. The van der Waals surface area contributed by atoms with Crippen molar-refractivity contribution in [2.45, 2.75) is 29.1 Å². The first-order chi connectivity index (χ1) is 9.09. The Labute approximate surface area is 121 Å². The Morgan fingerprint density at radius 1 is 1.32 bits per heavy atom. The lowest BCUT2D eigenvalue weighted by atomic mass is 10.1. The van der Waals surface area contributed by atoms with Crippen LogP contribution >= 0.6 is 15.9 Å². The van der Waals surface area contributed by atoms with Crippen molar-refractivity contribution in [1.29, 1.82) is 0 Å². The van der Waals surface area contributed by atoms with E-state index in [0.29, 0.717) is 16.0 Å². The predicted molar refractivity (Wildman–Crippen MR) is 75.9 cm³/mol. The second-order valence-electron chi connectivity index (χ2n) is 5.00. The lowest BCUT2D eigenvalue weighted by Gasteiger charge is -2.24. The Hall–Kier alpha value is -0.430. The van der Waals surface area contributed by atoms with Crippen LogP contribution in [0.5, 0.6) is 0 Å². The number of morpholine rings is 1. The smallest absolute Gasteiger partial charge is 0.182 e. The summed E-state index contributed by atoms with van der Waals surface area (Å²) >= 11 is 3.39. The van der Waals surface area contributed by atoms with Crippen LogP contribution in [0.3, 0.4) is 0 Å². The van der Waals surface area contributed by atoms with E-state index in [4.69, 9.17) is 4.74 Å². The molecule has 1 saturated heterocycles. The number of nitrogens with one attached hydrogen (secondary N) is 1. The van der Waals surface area contributed by atoms with Crippen molar-refractivity contribution in [3.63, 3.8) is 0 Å². The van der Waals surface area contributed by atoms with Gasteiger partial charge in [-0.25, -0.2) is 8.42 Å². The molecule has 2 aliphatic rings. The number of sulfone groups is 1. The average molecular weight is 346 g/mol. The quantitative estimate of drug-likeness (QED) is 0.910. The van der Waals surface area contributed by atoms with Gasteiger partial charge in [0, 0.05) is 17.6 Å². The summed E-state index contributed by atoms with van der Waals surface area (Å²) in [7, 11) is -3.15. The first-order valence-corrected chi connectivity index (χ1v) is 8.78. The lowest BCUT2D eigenvalue weighted by Crippen LogP contribution is -2.33. The molecule has 1 heterocycles. The van der Waals surface area contributed by atoms with Gasteiger partial charge in [0.25, 0.3) is 0 Å². The van der Waals surface area contributed by atoms with Crippen LogP contribution in [-0.4, -0.2) is 33.4 Å². The summed E-state index contributed by atoms with van der Waals surface area (Å²) in [5.74, 6) is 0. The summed E-state index contributed by atoms with van der Waals surface area (Å²) in [6, 6.07) is 5.43. The molecule has 0 radical (unpaired) electrons. The van der Waals surface area contributed by atoms with Crippen LogP contribution in [-0.2, 0) is 14.6 Å². The van der Waals surface area contributed by atoms with Gasteiger partial charge in [-0.15, -0.1) is 0 Å². The molecular formula is C13H16BrNO3S. The Bertz CT molecular complexity index is 578. The van der Waals surface area contributed by atoms with Gasteiger partial charge in [0.1, 0.15) is 0 Å². The predicted octanol–water partition coefficient (Wildman–Crippen LogP) is 2.05. The third-order valence-corrected chi connectivity index (χ3v) is 6.76. The number of ether oxygens (including phenoxy) is 1. The van der Waals surface area contributed by atoms with Crippen molar-refractivity contribution in [2.75, 3.05) is 19.7 Å². The van der Waals surface area contributed by atoms with Gasteiger partial charge in [0.05, 0.1) is 22.9 Å². The highest BCUT2D eigenvalue weighted by atomic mass is 79.9. The fourth-order valence-electron chi connectivity index (χ4n) is 2.29. The summed E-state index contributed by atoms with van der Waals surface area (Å²) in [5.41, 5.74) is 1.01. The molecule has 1 aromatic rings. The van der Waals surface area contributed by atoms with E-state index < -0.39 is 9.84 Å². The van der Waals surface area contributed by atoms with E-state index in [1.54, 1.807) is 6.07 Å². The van der Waals surface area contributed by atoms with Crippen LogP contribution in [0.2, 0.25) is 0 Å². The molecule has 1 aliphatic carbocycles. The van der Waals surface area contributed by atoms with Gasteiger partial charge in [0.15, 0.2) is 9.84 Å². The number of hydrogen-bond donors (Lipinski definition) is 1. The molecule has 1 saturated carbocycles. The summed E-state index contributed by atoms with van der Waals surface area (Å²) in [5, 5.41) is 3.09. The third-order valence-electron chi connectivity index (χ3n) is 3.53. The summed E-state index contributed by atoms with van der Waals surface area (Å²) in [6.45, 7) is 2.32. The molecule has 6 heteroatoms. The molecule has 1 atom stereocenters. The van der Waals surface area contributed by atoms with Crippen molar-refractivity contribution in [3.8, 4) is 0 Å². The van der Waals surface area contributed by atoms with Crippen molar-refractivity contribution in [2.24, 2.45) is 0 Å². The second-order valence-corrected chi connectivity index (χ2v) is 8.05. The van der Waals surface area contributed by atoms with E-state index in [2.05, 4.69) is 21.2 Å². The van der Waals surface area contributed by atoms with Gasteiger partial charge < -0.3 is 10.1 Å². The van der Waals surface area contributed by atoms with Crippen LogP contribution in [0, 0.1) is 0 Å². The highest BCUT2D eigenvalue weighted by molar-refractivity contribution is 9.10. The molecule has 104 valence electrons. The molecule has 19 heavy (non-hydrogen) atoms. The molecule has 1 N–H and O–H groups in total. The molecule has 0 amide bonds. The highest BCUT2D eigenvalue weighted by Crippen LogP contribution is 2.37. The first kappa shape index (κ1) is 13.5. The monoisotopic (exact) mass is 345 g/mol. The van der Waals surface area contributed by atoms with Gasteiger partial charge >= 0.3 is 0 Å². The van der Waals surface area contributed by atoms with E-state index in [9.17, 15) is 8.42 Å². The molecular weight excluding hydrogens is 330 g/mol. The largest absolute Gasteiger partial charge is 0.371 e. The standard InChI is InChI=1S/C13H16BrNO3S/c14-11-7-9(12-8-15-5-6-18-12)1-4-13(11)19(16,17)10-2-3-10/h1,4,7,10,12,15H,2-3,5-6,8H2. The zero-order valence-corrected chi connectivity index (χ0v) is 12.8. The van der Waals surface area contributed by atoms with Gasteiger partial charge in [-0.3, -0.25) is 0 Å². The molecule has 0 bridgehead atoms. The average Bonchev–Trinajstić information content (AvgIpc) is 3.24. The molecule has 1 unspecified atom stereocenters. The normalized spacial score (nSPS) is 24.4. The van der Waals surface area contributed by atoms with Crippen LogP contribution in [0.25, 0.3) is 0 Å². The van der Waals surface area contributed by atoms with Gasteiger partial charge in [-0.1, -0.05) is 6.07 Å². The number of benzene rings is 1. The Morgan fingerprint density at radius 2 is 2.11 bits per heavy atom. The third kappa shape index (κ3) is 2.72. The number of halogens is 1. The van der Waals surface area contributed by atoms with Gasteiger partial charge in [-0.2, -0.15) is 0 Å². The fraction of sp³-hybridized carbons (Fsp3) is 0.538. The maximum atomic E-state index is 12.2. The van der Waals surface area contributed by atoms with E-state index in [1.807, 2.05) is 12.1 Å². The zero-order chi connectivity index (χ0) is 13.5. The maximum Gasteiger partial charge on any atom is 0.182 e. The van der Waals surface area contributed by atoms with Crippen LogP contribution in [0.15, 0.2) is 27.6 Å². The SMILES string of the molecule is O=S(=O)(c1ccc(C2CNCCO2)cc1Br)C1CC1. The van der Waals surface area contributed by atoms with Gasteiger partial charge in [-0.05, 0) is 46.5 Å². The van der Waals surface area contributed by atoms with Crippen molar-refractivity contribution < 1.29 is 13.2 Å². The van der Waals surface area contributed by atoms with Crippen molar-refractivity contribution >= 4 is 25.8 Å². The van der Waals surface area contributed by atoms with Crippen LogP contribution in [0.4, 0.5) is 0 Å². The lowest BCUT2D eigenvalue weighted by molar-refractivity contribution is 0.0276. The van der Waals surface area contributed by atoms with Crippen LogP contribution < -0.4 is 5.32 Å². The summed E-state index contributed by atoms with van der Waals surface area (Å²) in [4.78, 5) is 0.405. The Morgan fingerprint density at radius 3 is 2.68 bits per heavy atom. The fourth-order valence-corrected chi connectivity index (χ4v) is 5.06. The molecule has 1 aliphatic heterocycles. The minimum absolute atomic E-state index is 0.00253. The molecule has 0 spiro atoms. The van der Waals surface area contributed by atoms with Crippen LogP contribution in [0.1, 0.15) is 24.5 Å². The maximum absolute atomic E-state index is 12.2. The Balaban J connectivity index is 1.89. The minimum Gasteiger partial charge on any atom is -0.371 e.